The number of benzene rings is 5. The van der Waals surface area contributed by atoms with Gasteiger partial charge in [0.05, 0.1) is 17.1 Å². The fourth-order valence-electron chi connectivity index (χ4n) is 5.68. The van der Waals surface area contributed by atoms with Gasteiger partial charge in [0.2, 0.25) is 5.91 Å². The van der Waals surface area contributed by atoms with Crippen LogP contribution in [-0.4, -0.2) is 23.5 Å². The Kier molecular flexibility index (Phi) is 10.2. The first-order chi connectivity index (χ1) is 23.4. The van der Waals surface area contributed by atoms with Crippen LogP contribution in [0.1, 0.15) is 52.4 Å². The highest BCUT2D eigenvalue weighted by Gasteiger charge is 2.25. The van der Waals surface area contributed by atoms with E-state index >= 15 is 0 Å². The van der Waals surface area contributed by atoms with Crippen molar-refractivity contribution >= 4 is 52.6 Å². The second kappa shape index (κ2) is 15.0. The van der Waals surface area contributed by atoms with E-state index in [-0.39, 0.29) is 23.3 Å². The molecule has 0 unspecified atom stereocenters. The maximum absolute atomic E-state index is 13.7. The first kappa shape index (κ1) is 32.5. The highest BCUT2D eigenvalue weighted by atomic mass is 32.2. The zero-order chi connectivity index (χ0) is 33.5. The molecular weight excluding hydrogens is 615 g/mol. The second-order valence-electron chi connectivity index (χ2n) is 12.0. The first-order valence-electron chi connectivity index (χ1n) is 16.1. The normalized spacial score (nSPS) is 12.5. The molecule has 0 bridgehead atoms. The van der Waals surface area contributed by atoms with Gasteiger partial charge < -0.3 is 10.6 Å². The fraction of sp³-hybridized carbons (Fsp3) is 0.146. The Balaban J connectivity index is 1.15. The minimum Gasteiger partial charge on any atom is -0.321 e. The number of aryl methyl sites for hydroxylation is 2. The summed E-state index contributed by atoms with van der Waals surface area (Å²) in [7, 11) is 0. The van der Waals surface area contributed by atoms with E-state index < -0.39 is 5.91 Å². The number of nitrogens with one attached hydrogen (secondary N) is 2. The molecule has 240 valence electrons. The lowest BCUT2D eigenvalue weighted by atomic mass is 10.0. The van der Waals surface area contributed by atoms with Crippen molar-refractivity contribution in [3.63, 3.8) is 0 Å². The van der Waals surface area contributed by atoms with E-state index in [9.17, 15) is 14.4 Å². The zero-order valence-electron chi connectivity index (χ0n) is 27.0. The van der Waals surface area contributed by atoms with Crippen LogP contribution in [0.15, 0.2) is 138 Å². The van der Waals surface area contributed by atoms with Crippen LogP contribution < -0.4 is 15.5 Å². The number of hydrogen-bond donors (Lipinski definition) is 2. The van der Waals surface area contributed by atoms with Gasteiger partial charge in [-0.3, -0.25) is 19.3 Å². The van der Waals surface area contributed by atoms with Crippen molar-refractivity contribution in [3.8, 4) is 0 Å². The summed E-state index contributed by atoms with van der Waals surface area (Å²) in [6.07, 6.45) is 3.44. The molecule has 0 atom stereocenters. The average Bonchev–Trinajstić information content (AvgIpc) is 3.28. The number of fused-ring (bicyclic) bond motifs is 2. The van der Waals surface area contributed by atoms with E-state index in [2.05, 4.69) is 36.6 Å². The third-order valence-corrected chi connectivity index (χ3v) is 9.29. The number of anilines is 3. The summed E-state index contributed by atoms with van der Waals surface area (Å²) in [5.41, 5.74) is 7.33. The van der Waals surface area contributed by atoms with E-state index in [4.69, 9.17) is 0 Å². The lowest BCUT2D eigenvalue weighted by Gasteiger charge is -2.25. The van der Waals surface area contributed by atoms with Crippen molar-refractivity contribution in [1.82, 2.24) is 5.32 Å². The molecule has 0 aliphatic carbocycles. The van der Waals surface area contributed by atoms with E-state index in [1.807, 2.05) is 83.8 Å². The van der Waals surface area contributed by atoms with Gasteiger partial charge in [0.25, 0.3) is 11.8 Å². The molecule has 48 heavy (non-hydrogen) atoms. The first-order valence-corrected chi connectivity index (χ1v) is 17.1. The minimum atomic E-state index is -0.443. The van der Waals surface area contributed by atoms with E-state index in [0.29, 0.717) is 17.2 Å². The van der Waals surface area contributed by atoms with Gasteiger partial charge >= 0.3 is 0 Å². The summed E-state index contributed by atoms with van der Waals surface area (Å²) in [4.78, 5) is 43.0. The number of amides is 3. The molecule has 6 rings (SSSR count). The Morgan fingerprint density at radius 3 is 1.92 bits per heavy atom. The number of hydrogen-bond acceptors (Lipinski definition) is 4. The van der Waals surface area contributed by atoms with Crippen molar-refractivity contribution in [1.29, 1.82) is 0 Å². The standard InChI is InChI=1S/C41H37N3O3S/c1-28(2)30-18-16-29(17-19-30)26-36(43-40(46)33-12-4-3-5-13-33)41(47)42-34-22-24-35(25-23-34)48-27-39(45)44-37-14-8-6-10-31(37)20-21-32-11-7-9-15-38(32)44/h3-19,22-26,28H,20-21,27H2,1-2H3,(H,42,47)(H,43,46)/b36-26-. The molecule has 3 amide bonds. The molecule has 0 aromatic heterocycles. The smallest absolute Gasteiger partial charge is 0.272 e. The van der Waals surface area contributed by atoms with Crippen LogP contribution in [0.25, 0.3) is 6.08 Å². The van der Waals surface area contributed by atoms with Crippen LogP contribution >= 0.6 is 11.8 Å². The molecule has 6 nitrogen and oxygen atoms in total. The van der Waals surface area contributed by atoms with Gasteiger partial charge in [0.15, 0.2) is 0 Å². The number of para-hydroxylation sites is 2. The quantitative estimate of drug-likeness (QED) is 0.123. The van der Waals surface area contributed by atoms with Crippen molar-refractivity contribution in [2.45, 2.75) is 37.5 Å². The summed E-state index contributed by atoms with van der Waals surface area (Å²) in [6.45, 7) is 4.25. The molecule has 0 spiro atoms. The van der Waals surface area contributed by atoms with Crippen molar-refractivity contribution in [2.24, 2.45) is 0 Å². The van der Waals surface area contributed by atoms with E-state index in [1.165, 1.54) is 17.3 Å². The molecule has 0 radical (unpaired) electrons. The summed E-state index contributed by atoms with van der Waals surface area (Å²) in [6, 6.07) is 40.3. The molecule has 1 aliphatic heterocycles. The summed E-state index contributed by atoms with van der Waals surface area (Å²) >= 11 is 1.45. The zero-order valence-corrected chi connectivity index (χ0v) is 27.8. The number of nitrogens with zero attached hydrogens (tertiary/aromatic N) is 1. The Hall–Kier alpha value is -5.40. The molecule has 5 aromatic rings. The van der Waals surface area contributed by atoms with Gasteiger partial charge in [-0.15, -0.1) is 11.8 Å². The van der Waals surface area contributed by atoms with Gasteiger partial charge in [-0.1, -0.05) is 92.7 Å². The van der Waals surface area contributed by atoms with Crippen LogP contribution in [0.3, 0.4) is 0 Å². The molecule has 1 aliphatic rings. The van der Waals surface area contributed by atoms with Gasteiger partial charge in [0.1, 0.15) is 5.70 Å². The maximum atomic E-state index is 13.7. The van der Waals surface area contributed by atoms with Crippen LogP contribution in [0.5, 0.6) is 0 Å². The van der Waals surface area contributed by atoms with Crippen LogP contribution in [0, 0.1) is 0 Å². The molecule has 2 N–H and O–H groups in total. The Morgan fingerprint density at radius 1 is 0.729 bits per heavy atom. The lowest BCUT2D eigenvalue weighted by molar-refractivity contribution is -0.115. The maximum Gasteiger partial charge on any atom is 0.272 e. The number of rotatable bonds is 9. The SMILES string of the molecule is CC(C)c1ccc(/C=C(\NC(=O)c2ccccc2)C(=O)Nc2ccc(SCC(=O)N3c4ccccc4CCc4ccccc43)cc2)cc1. The Labute approximate surface area is 285 Å². The molecule has 7 heteroatoms. The summed E-state index contributed by atoms with van der Waals surface area (Å²) < 4.78 is 0. The number of carbonyl (C=O) groups is 3. The van der Waals surface area contributed by atoms with Crippen molar-refractivity contribution < 1.29 is 14.4 Å². The fourth-order valence-corrected chi connectivity index (χ4v) is 6.43. The van der Waals surface area contributed by atoms with E-state index in [1.54, 1.807) is 42.5 Å². The molecule has 5 aromatic carbocycles. The van der Waals surface area contributed by atoms with Crippen molar-refractivity contribution in [3.05, 3.63) is 161 Å². The monoisotopic (exact) mass is 651 g/mol. The van der Waals surface area contributed by atoms with Gasteiger partial charge in [-0.25, -0.2) is 0 Å². The van der Waals surface area contributed by atoms with Gasteiger partial charge in [-0.2, -0.15) is 0 Å². The topological polar surface area (TPSA) is 78.5 Å². The minimum absolute atomic E-state index is 0.00421. The predicted molar refractivity (Wildman–Crippen MR) is 196 cm³/mol. The van der Waals surface area contributed by atoms with Gasteiger partial charge in [0, 0.05) is 16.1 Å². The van der Waals surface area contributed by atoms with Crippen molar-refractivity contribution in [2.75, 3.05) is 16.0 Å². The molecular formula is C41H37N3O3S. The molecule has 0 saturated carbocycles. The Bertz CT molecular complexity index is 1900. The molecule has 0 fully saturated rings. The lowest BCUT2D eigenvalue weighted by Crippen LogP contribution is -2.30. The van der Waals surface area contributed by atoms with Gasteiger partial charge in [-0.05, 0) is 95.6 Å². The van der Waals surface area contributed by atoms with Crippen LogP contribution in [0.2, 0.25) is 0 Å². The second-order valence-corrected chi connectivity index (χ2v) is 13.0. The summed E-state index contributed by atoms with van der Waals surface area (Å²) in [5.74, 6) is -0.180. The predicted octanol–water partition coefficient (Wildman–Crippen LogP) is 8.78. The van der Waals surface area contributed by atoms with Crippen LogP contribution in [-0.2, 0) is 22.4 Å². The molecule has 1 heterocycles. The number of thioether (sulfide) groups is 1. The largest absolute Gasteiger partial charge is 0.321 e. The average molecular weight is 652 g/mol. The summed E-state index contributed by atoms with van der Waals surface area (Å²) in [5, 5.41) is 5.71. The highest BCUT2D eigenvalue weighted by Crippen LogP contribution is 2.37. The highest BCUT2D eigenvalue weighted by molar-refractivity contribution is 8.00. The van der Waals surface area contributed by atoms with E-state index in [0.717, 1.165) is 45.8 Å². The Morgan fingerprint density at radius 2 is 1.31 bits per heavy atom. The number of carbonyl (C=O) groups excluding carboxylic acids is 3. The third-order valence-electron chi connectivity index (χ3n) is 8.30. The van der Waals surface area contributed by atoms with Crippen LogP contribution in [0.4, 0.5) is 17.1 Å². The third kappa shape index (κ3) is 7.76. The molecule has 0 saturated heterocycles.